The highest BCUT2D eigenvalue weighted by Crippen LogP contribution is 2.36. The van der Waals surface area contributed by atoms with Crippen LogP contribution in [0.5, 0.6) is 11.5 Å². The molecular formula is C18H28ClN3O4. The van der Waals surface area contributed by atoms with Crippen LogP contribution in [0.2, 0.25) is 0 Å². The molecule has 1 aliphatic rings. The van der Waals surface area contributed by atoms with E-state index in [1.54, 1.807) is 0 Å². The summed E-state index contributed by atoms with van der Waals surface area (Å²) in [5, 5.41) is 5.41. The Morgan fingerprint density at radius 1 is 1.19 bits per heavy atom. The van der Waals surface area contributed by atoms with Crippen molar-refractivity contribution in [1.29, 1.82) is 0 Å². The first-order chi connectivity index (χ1) is 11.7. The van der Waals surface area contributed by atoms with Crippen molar-refractivity contribution >= 4 is 24.2 Å². The molecule has 1 aromatic carbocycles. The topological polar surface area (TPSA) is 103 Å². The Morgan fingerprint density at radius 3 is 2.50 bits per heavy atom. The summed E-state index contributed by atoms with van der Waals surface area (Å²) in [5.41, 5.74) is 6.48. The Kier molecular flexibility index (Phi) is 7.71. The zero-order chi connectivity index (χ0) is 18.6. The highest BCUT2D eigenvalue weighted by molar-refractivity contribution is 5.87. The lowest BCUT2D eigenvalue weighted by molar-refractivity contribution is -0.127. The van der Waals surface area contributed by atoms with E-state index >= 15 is 0 Å². The van der Waals surface area contributed by atoms with Crippen LogP contribution in [0.3, 0.4) is 0 Å². The van der Waals surface area contributed by atoms with Gasteiger partial charge >= 0.3 is 0 Å². The third-order valence-corrected chi connectivity index (χ3v) is 4.33. The number of hydrogen-bond acceptors (Lipinski definition) is 5. The zero-order valence-corrected chi connectivity index (χ0v) is 16.4. The SMILES string of the molecule is CC(C)[C@H](N)C(=O)NCC(=O)NCC(C)(C)c1ccc2c(c1)OCO2.Cl. The summed E-state index contributed by atoms with van der Waals surface area (Å²) < 4.78 is 10.7. The molecule has 8 heteroatoms. The van der Waals surface area contributed by atoms with E-state index in [0.29, 0.717) is 12.3 Å². The van der Waals surface area contributed by atoms with Crippen molar-refractivity contribution in [3.63, 3.8) is 0 Å². The summed E-state index contributed by atoms with van der Waals surface area (Å²) in [6, 6.07) is 5.15. The van der Waals surface area contributed by atoms with Gasteiger partial charge < -0.3 is 25.8 Å². The van der Waals surface area contributed by atoms with Crippen LogP contribution in [0.1, 0.15) is 33.3 Å². The number of nitrogens with one attached hydrogen (secondary N) is 2. The maximum Gasteiger partial charge on any atom is 0.239 e. The van der Waals surface area contributed by atoms with Crippen LogP contribution in [-0.2, 0) is 15.0 Å². The molecule has 1 atom stereocenters. The number of rotatable bonds is 7. The lowest BCUT2D eigenvalue weighted by atomic mass is 9.84. The van der Waals surface area contributed by atoms with Gasteiger partial charge in [0, 0.05) is 12.0 Å². The van der Waals surface area contributed by atoms with E-state index < -0.39 is 6.04 Å². The fourth-order valence-corrected chi connectivity index (χ4v) is 2.39. The molecule has 0 radical (unpaired) electrons. The lowest BCUT2D eigenvalue weighted by Crippen LogP contribution is -2.48. The molecule has 2 rings (SSSR count). The summed E-state index contributed by atoms with van der Waals surface area (Å²) in [7, 11) is 0. The van der Waals surface area contributed by atoms with Crippen molar-refractivity contribution < 1.29 is 19.1 Å². The molecule has 0 aromatic heterocycles. The van der Waals surface area contributed by atoms with Crippen molar-refractivity contribution in [3.8, 4) is 11.5 Å². The van der Waals surface area contributed by atoms with Gasteiger partial charge in [0.1, 0.15) is 0 Å². The average molecular weight is 386 g/mol. The van der Waals surface area contributed by atoms with Gasteiger partial charge in [-0.2, -0.15) is 0 Å². The first-order valence-corrected chi connectivity index (χ1v) is 8.41. The Hall–Kier alpha value is -1.99. The second-order valence-electron chi connectivity index (χ2n) is 7.22. The number of ether oxygens (including phenoxy) is 2. The van der Waals surface area contributed by atoms with Crippen LogP contribution in [-0.4, -0.2) is 37.7 Å². The van der Waals surface area contributed by atoms with Gasteiger partial charge in [-0.15, -0.1) is 12.4 Å². The van der Waals surface area contributed by atoms with E-state index in [1.807, 2.05) is 45.9 Å². The molecule has 146 valence electrons. The highest BCUT2D eigenvalue weighted by atomic mass is 35.5. The fraction of sp³-hybridized carbons (Fsp3) is 0.556. The highest BCUT2D eigenvalue weighted by Gasteiger charge is 2.25. The van der Waals surface area contributed by atoms with Crippen molar-refractivity contribution in [2.45, 2.75) is 39.2 Å². The van der Waals surface area contributed by atoms with Crippen molar-refractivity contribution in [3.05, 3.63) is 23.8 Å². The molecule has 0 unspecified atom stereocenters. The third kappa shape index (κ3) is 5.51. The largest absolute Gasteiger partial charge is 0.454 e. The van der Waals surface area contributed by atoms with Crippen molar-refractivity contribution in [2.75, 3.05) is 19.9 Å². The van der Waals surface area contributed by atoms with Gasteiger partial charge in [-0.3, -0.25) is 9.59 Å². The number of nitrogens with two attached hydrogens (primary N) is 1. The van der Waals surface area contributed by atoms with E-state index in [0.717, 1.165) is 11.3 Å². The second-order valence-corrected chi connectivity index (χ2v) is 7.22. The molecule has 7 nitrogen and oxygen atoms in total. The number of carbonyl (C=O) groups excluding carboxylic acids is 2. The quantitative estimate of drug-likeness (QED) is 0.657. The number of carbonyl (C=O) groups is 2. The number of amides is 2. The molecule has 1 aliphatic heterocycles. The van der Waals surface area contributed by atoms with Gasteiger partial charge in [-0.05, 0) is 23.6 Å². The van der Waals surface area contributed by atoms with Gasteiger partial charge in [0.2, 0.25) is 18.6 Å². The molecule has 1 aromatic rings. The molecular weight excluding hydrogens is 358 g/mol. The van der Waals surface area contributed by atoms with Gasteiger partial charge in [0.25, 0.3) is 0 Å². The van der Waals surface area contributed by atoms with Crippen LogP contribution in [0.15, 0.2) is 18.2 Å². The van der Waals surface area contributed by atoms with Crippen LogP contribution < -0.4 is 25.8 Å². The predicted octanol–water partition coefficient (Wildman–Crippen LogP) is 1.33. The Balaban J connectivity index is 0.00000338. The third-order valence-electron chi connectivity index (χ3n) is 4.33. The summed E-state index contributed by atoms with van der Waals surface area (Å²) in [4.78, 5) is 23.8. The lowest BCUT2D eigenvalue weighted by Gasteiger charge is -2.26. The Morgan fingerprint density at radius 2 is 1.85 bits per heavy atom. The van der Waals surface area contributed by atoms with Crippen LogP contribution in [0.25, 0.3) is 0 Å². The maximum atomic E-state index is 12.0. The molecule has 0 spiro atoms. The minimum Gasteiger partial charge on any atom is -0.454 e. The maximum absolute atomic E-state index is 12.0. The molecule has 26 heavy (non-hydrogen) atoms. The van der Waals surface area contributed by atoms with Gasteiger partial charge in [0.15, 0.2) is 11.5 Å². The van der Waals surface area contributed by atoms with Crippen molar-refractivity contribution in [2.24, 2.45) is 11.7 Å². The molecule has 1 heterocycles. The minimum absolute atomic E-state index is 0. The Labute approximate surface area is 160 Å². The van der Waals surface area contributed by atoms with E-state index in [-0.39, 0.29) is 48.9 Å². The van der Waals surface area contributed by atoms with E-state index in [9.17, 15) is 9.59 Å². The van der Waals surface area contributed by atoms with Gasteiger partial charge in [0.05, 0.1) is 12.6 Å². The monoisotopic (exact) mass is 385 g/mol. The van der Waals surface area contributed by atoms with Crippen LogP contribution >= 0.6 is 12.4 Å². The van der Waals surface area contributed by atoms with Gasteiger partial charge in [-0.25, -0.2) is 0 Å². The first-order valence-electron chi connectivity index (χ1n) is 8.41. The predicted molar refractivity (Wildman–Crippen MR) is 102 cm³/mol. The minimum atomic E-state index is -0.613. The van der Waals surface area contributed by atoms with Crippen LogP contribution in [0.4, 0.5) is 0 Å². The summed E-state index contributed by atoms with van der Waals surface area (Å²) in [6.07, 6.45) is 0. The summed E-state index contributed by atoms with van der Waals surface area (Å²) >= 11 is 0. The first kappa shape index (κ1) is 22.1. The number of fused-ring (bicyclic) bond motifs is 1. The molecule has 0 aliphatic carbocycles. The fourth-order valence-electron chi connectivity index (χ4n) is 2.39. The van der Waals surface area contributed by atoms with Crippen LogP contribution in [0, 0.1) is 5.92 Å². The molecule has 0 saturated carbocycles. The number of benzene rings is 1. The van der Waals surface area contributed by atoms with Gasteiger partial charge in [-0.1, -0.05) is 33.8 Å². The molecule has 2 amide bonds. The van der Waals surface area contributed by atoms with E-state index in [1.165, 1.54) is 0 Å². The second kappa shape index (κ2) is 9.09. The smallest absolute Gasteiger partial charge is 0.239 e. The summed E-state index contributed by atoms with van der Waals surface area (Å²) in [6.45, 7) is 8.34. The van der Waals surface area contributed by atoms with E-state index in [4.69, 9.17) is 15.2 Å². The number of halogens is 1. The molecule has 0 bridgehead atoms. The Bertz CT molecular complexity index is 649. The molecule has 0 fully saturated rings. The zero-order valence-electron chi connectivity index (χ0n) is 15.6. The standard InChI is InChI=1S/C18H27N3O4.ClH/c1-11(2)16(19)17(23)20-8-15(22)21-9-18(3,4)12-5-6-13-14(7-12)25-10-24-13;/h5-7,11,16H,8-10,19H2,1-4H3,(H,20,23)(H,21,22);1H/t16-;/m0./s1. The summed E-state index contributed by atoms with van der Waals surface area (Å²) in [5.74, 6) is 0.894. The molecule has 4 N–H and O–H groups in total. The van der Waals surface area contributed by atoms with E-state index in [2.05, 4.69) is 10.6 Å². The average Bonchev–Trinajstić information content (AvgIpc) is 3.04. The normalized spacial score (nSPS) is 13.8. The number of hydrogen-bond donors (Lipinski definition) is 3. The molecule has 0 saturated heterocycles. The van der Waals surface area contributed by atoms with Crippen molar-refractivity contribution in [1.82, 2.24) is 10.6 Å².